The molecule has 3 rings (SSSR count). The van der Waals surface area contributed by atoms with E-state index in [1.165, 1.54) is 25.3 Å². The number of para-hydroxylation sites is 1. The highest BCUT2D eigenvalue weighted by molar-refractivity contribution is 6.01. The van der Waals surface area contributed by atoms with Gasteiger partial charge < -0.3 is 14.6 Å². The van der Waals surface area contributed by atoms with Gasteiger partial charge in [0.05, 0.1) is 36.0 Å². The van der Waals surface area contributed by atoms with E-state index >= 15 is 0 Å². The van der Waals surface area contributed by atoms with Crippen LogP contribution in [0.4, 0.5) is 14.5 Å². The summed E-state index contributed by atoms with van der Waals surface area (Å²) in [4.78, 5) is 24.0. The fraction of sp³-hybridized carbons (Fsp3) is 0.105. The Hall–Kier alpha value is -3.55. The molecule has 138 valence electrons. The first kappa shape index (κ1) is 18.2. The van der Waals surface area contributed by atoms with Gasteiger partial charge >= 0.3 is 5.97 Å². The molecule has 1 heterocycles. The number of aromatic nitrogens is 1. The minimum absolute atomic E-state index is 0.0339. The third kappa shape index (κ3) is 4.17. The van der Waals surface area contributed by atoms with E-state index in [2.05, 4.69) is 15.2 Å². The Morgan fingerprint density at radius 2 is 1.93 bits per heavy atom. The van der Waals surface area contributed by atoms with Gasteiger partial charge in [-0.3, -0.25) is 4.79 Å². The normalized spacial score (nSPS) is 10.5. The van der Waals surface area contributed by atoms with Crippen LogP contribution in [0.25, 0.3) is 11.3 Å². The van der Waals surface area contributed by atoms with Gasteiger partial charge in [0.1, 0.15) is 11.6 Å². The summed E-state index contributed by atoms with van der Waals surface area (Å²) in [6, 6.07) is 10.8. The Morgan fingerprint density at radius 3 is 2.67 bits per heavy atom. The molecule has 0 aliphatic carbocycles. The van der Waals surface area contributed by atoms with Crippen LogP contribution in [0.2, 0.25) is 0 Å². The van der Waals surface area contributed by atoms with Gasteiger partial charge in [-0.05, 0) is 24.3 Å². The molecule has 1 aromatic heterocycles. The smallest absolute Gasteiger partial charge is 0.339 e. The lowest BCUT2D eigenvalue weighted by Gasteiger charge is -2.08. The minimum atomic E-state index is -0.797. The third-order valence-electron chi connectivity index (χ3n) is 3.70. The van der Waals surface area contributed by atoms with E-state index in [0.717, 1.165) is 12.1 Å². The molecule has 0 saturated heterocycles. The Labute approximate surface area is 152 Å². The number of carbonyl (C=O) groups excluding carboxylic acids is 2. The number of anilines is 1. The van der Waals surface area contributed by atoms with Crippen molar-refractivity contribution in [1.82, 2.24) is 5.16 Å². The van der Waals surface area contributed by atoms with Gasteiger partial charge in [-0.2, -0.15) is 0 Å². The van der Waals surface area contributed by atoms with E-state index < -0.39 is 23.5 Å². The van der Waals surface area contributed by atoms with Crippen LogP contribution in [0.3, 0.4) is 0 Å². The summed E-state index contributed by atoms with van der Waals surface area (Å²) in [5.41, 5.74) is 0.790. The zero-order valence-corrected chi connectivity index (χ0v) is 14.2. The van der Waals surface area contributed by atoms with Crippen molar-refractivity contribution in [2.45, 2.75) is 6.42 Å². The average Bonchev–Trinajstić information content (AvgIpc) is 3.09. The number of amides is 1. The number of esters is 1. The lowest BCUT2D eigenvalue weighted by molar-refractivity contribution is -0.115. The maximum atomic E-state index is 13.8. The fourth-order valence-corrected chi connectivity index (χ4v) is 2.45. The molecule has 2 aromatic carbocycles. The molecule has 8 heteroatoms. The molecule has 0 saturated carbocycles. The molecule has 27 heavy (non-hydrogen) atoms. The van der Waals surface area contributed by atoms with Crippen molar-refractivity contribution >= 4 is 17.6 Å². The maximum absolute atomic E-state index is 13.8. The molecule has 0 radical (unpaired) electrons. The first-order valence-corrected chi connectivity index (χ1v) is 7.86. The fourth-order valence-electron chi connectivity index (χ4n) is 2.45. The number of carbonyl (C=O) groups is 2. The van der Waals surface area contributed by atoms with Crippen LogP contribution >= 0.6 is 0 Å². The van der Waals surface area contributed by atoms with Crippen molar-refractivity contribution in [3.8, 4) is 11.3 Å². The molecule has 3 aromatic rings. The minimum Gasteiger partial charge on any atom is -0.465 e. The highest BCUT2D eigenvalue weighted by atomic mass is 19.1. The van der Waals surface area contributed by atoms with Crippen LogP contribution in [0.15, 0.2) is 53.1 Å². The van der Waals surface area contributed by atoms with Gasteiger partial charge in [-0.15, -0.1) is 0 Å². The topological polar surface area (TPSA) is 81.4 Å². The maximum Gasteiger partial charge on any atom is 0.339 e. The predicted octanol–water partition coefficient (Wildman–Crippen LogP) is 3.59. The number of methoxy groups -OCH3 is 1. The molecule has 1 amide bonds. The molecule has 0 aliphatic rings. The van der Waals surface area contributed by atoms with Crippen molar-refractivity contribution in [1.29, 1.82) is 0 Å². The Bertz CT molecular complexity index is 1000. The van der Waals surface area contributed by atoms with Gasteiger partial charge in [0.25, 0.3) is 0 Å². The first-order chi connectivity index (χ1) is 13.0. The Morgan fingerprint density at radius 1 is 1.15 bits per heavy atom. The van der Waals surface area contributed by atoms with Crippen LogP contribution < -0.4 is 5.32 Å². The molecule has 1 N–H and O–H groups in total. The van der Waals surface area contributed by atoms with E-state index in [1.54, 1.807) is 18.2 Å². The molecule has 0 aliphatic heterocycles. The lowest BCUT2D eigenvalue weighted by atomic mass is 10.1. The van der Waals surface area contributed by atoms with E-state index in [-0.39, 0.29) is 29.0 Å². The summed E-state index contributed by atoms with van der Waals surface area (Å²) >= 11 is 0. The number of nitrogens with one attached hydrogen (secondary N) is 1. The third-order valence-corrected chi connectivity index (χ3v) is 3.70. The highest BCUT2D eigenvalue weighted by Gasteiger charge is 2.16. The van der Waals surface area contributed by atoms with E-state index in [9.17, 15) is 18.4 Å². The number of hydrogen-bond donors (Lipinski definition) is 1. The van der Waals surface area contributed by atoms with Gasteiger partial charge in [-0.25, -0.2) is 13.6 Å². The van der Waals surface area contributed by atoms with Crippen LogP contribution in [0.5, 0.6) is 0 Å². The summed E-state index contributed by atoms with van der Waals surface area (Å²) in [5, 5.41) is 6.32. The first-order valence-electron chi connectivity index (χ1n) is 7.86. The summed E-state index contributed by atoms with van der Waals surface area (Å²) in [5.74, 6) is -2.47. The van der Waals surface area contributed by atoms with Gasteiger partial charge in [-0.1, -0.05) is 17.3 Å². The second-order valence-corrected chi connectivity index (χ2v) is 5.57. The van der Waals surface area contributed by atoms with Crippen molar-refractivity contribution in [2.75, 3.05) is 12.4 Å². The number of rotatable bonds is 5. The number of halogens is 2. The van der Waals surface area contributed by atoms with E-state index in [1.807, 2.05) is 0 Å². The van der Waals surface area contributed by atoms with Gasteiger partial charge in [0, 0.05) is 12.1 Å². The van der Waals surface area contributed by atoms with Crippen LogP contribution in [0.1, 0.15) is 16.1 Å². The van der Waals surface area contributed by atoms with Crippen LogP contribution in [0, 0.1) is 11.6 Å². The molecular weight excluding hydrogens is 358 g/mol. The molecule has 0 bridgehead atoms. The monoisotopic (exact) mass is 372 g/mol. The molecule has 0 atom stereocenters. The molecular formula is C19H14F2N2O4. The second kappa shape index (κ2) is 7.77. The number of benzene rings is 2. The van der Waals surface area contributed by atoms with Gasteiger partial charge in [0.15, 0.2) is 5.76 Å². The van der Waals surface area contributed by atoms with Crippen molar-refractivity contribution in [2.24, 2.45) is 0 Å². The van der Waals surface area contributed by atoms with Crippen molar-refractivity contribution < 1.29 is 27.6 Å². The summed E-state index contributed by atoms with van der Waals surface area (Å²) in [6.45, 7) is 0. The quantitative estimate of drug-likeness (QED) is 0.692. The second-order valence-electron chi connectivity index (χ2n) is 5.57. The molecule has 0 spiro atoms. The molecule has 0 unspecified atom stereocenters. The largest absolute Gasteiger partial charge is 0.465 e. The zero-order chi connectivity index (χ0) is 19.4. The van der Waals surface area contributed by atoms with Crippen molar-refractivity contribution in [3.63, 3.8) is 0 Å². The van der Waals surface area contributed by atoms with Crippen LogP contribution in [-0.4, -0.2) is 24.1 Å². The summed E-state index contributed by atoms with van der Waals surface area (Å²) in [6.07, 6.45) is -0.165. The molecule has 6 nitrogen and oxygen atoms in total. The molecule has 0 fully saturated rings. The SMILES string of the molecule is COC(=O)c1ccccc1NC(=O)Cc1cc(-c2ccc(F)cc2F)on1. The number of hydrogen-bond acceptors (Lipinski definition) is 5. The zero-order valence-electron chi connectivity index (χ0n) is 14.2. The predicted molar refractivity (Wildman–Crippen MR) is 92.0 cm³/mol. The standard InChI is InChI=1S/C19H14F2N2O4/c1-26-19(25)14-4-2-3-5-16(14)22-18(24)10-12-9-17(27-23-12)13-7-6-11(20)8-15(13)21/h2-9H,10H2,1H3,(H,22,24). The number of nitrogens with zero attached hydrogens (tertiary/aromatic N) is 1. The summed E-state index contributed by atoms with van der Waals surface area (Å²) in [7, 11) is 1.24. The Balaban J connectivity index is 1.73. The van der Waals surface area contributed by atoms with E-state index in [0.29, 0.717) is 5.69 Å². The Kier molecular flexibility index (Phi) is 5.25. The number of ether oxygens (including phenoxy) is 1. The van der Waals surface area contributed by atoms with E-state index in [4.69, 9.17) is 4.52 Å². The van der Waals surface area contributed by atoms with Crippen LogP contribution in [-0.2, 0) is 16.0 Å². The lowest BCUT2D eigenvalue weighted by Crippen LogP contribution is -2.17. The highest BCUT2D eigenvalue weighted by Crippen LogP contribution is 2.24. The van der Waals surface area contributed by atoms with Gasteiger partial charge in [0.2, 0.25) is 5.91 Å². The summed E-state index contributed by atoms with van der Waals surface area (Å²) < 4.78 is 36.5. The average molecular weight is 372 g/mol. The van der Waals surface area contributed by atoms with Crippen molar-refractivity contribution in [3.05, 3.63) is 71.4 Å².